The number of hydrogen-bond donors (Lipinski definition) is 0. The van der Waals surface area contributed by atoms with Gasteiger partial charge in [0.15, 0.2) is 0 Å². The summed E-state index contributed by atoms with van der Waals surface area (Å²) in [6, 6.07) is 29.3. The third kappa shape index (κ3) is 1.78. The lowest BCUT2D eigenvalue weighted by atomic mass is 9.76. The van der Waals surface area contributed by atoms with Gasteiger partial charge in [0.1, 0.15) is 0 Å². The van der Waals surface area contributed by atoms with Gasteiger partial charge in [-0.15, -0.1) is 0 Å². The summed E-state index contributed by atoms with van der Waals surface area (Å²) in [5.41, 5.74) is 7.92. The van der Waals surface area contributed by atoms with Crippen molar-refractivity contribution < 1.29 is 0 Å². The van der Waals surface area contributed by atoms with Crippen LogP contribution in [0.1, 0.15) is 46.6 Å². The predicted octanol–water partition coefficient (Wildman–Crippen LogP) is 5.45. The molecule has 0 aromatic heterocycles. The van der Waals surface area contributed by atoms with E-state index >= 15 is 0 Å². The first kappa shape index (κ1) is 13.1. The van der Waals surface area contributed by atoms with Gasteiger partial charge in [-0.3, -0.25) is 0 Å². The topological polar surface area (TPSA) is 0 Å². The van der Waals surface area contributed by atoms with E-state index in [9.17, 15) is 0 Å². The van der Waals surface area contributed by atoms with Crippen LogP contribution < -0.4 is 0 Å². The molecule has 2 unspecified atom stereocenters. The van der Waals surface area contributed by atoms with Crippen molar-refractivity contribution in [2.45, 2.75) is 30.6 Å². The Morgan fingerprint density at radius 1 is 0.696 bits per heavy atom. The van der Waals surface area contributed by atoms with Crippen LogP contribution in [0.15, 0.2) is 78.9 Å². The van der Waals surface area contributed by atoms with E-state index in [-0.39, 0.29) is 5.41 Å². The first-order chi connectivity index (χ1) is 11.4. The first-order valence-electron chi connectivity index (χ1n) is 8.61. The van der Waals surface area contributed by atoms with Crippen LogP contribution in [0.5, 0.6) is 0 Å². The third-order valence-corrected chi connectivity index (χ3v) is 5.96. The standard InChI is InChI=1S/C23H20/c1-2-8-17(9-3-1)20-16-23(22-13-7-5-11-19(20)22)15-14-18-10-4-6-12-21(18)23/h1-13,20H,14-16H2. The zero-order valence-corrected chi connectivity index (χ0v) is 13.2. The lowest BCUT2D eigenvalue weighted by Crippen LogP contribution is -2.21. The monoisotopic (exact) mass is 296 g/mol. The Morgan fingerprint density at radius 3 is 2.26 bits per heavy atom. The molecule has 3 aromatic carbocycles. The molecule has 0 radical (unpaired) electrons. The average molecular weight is 296 g/mol. The summed E-state index contributed by atoms with van der Waals surface area (Å²) < 4.78 is 0. The van der Waals surface area contributed by atoms with E-state index in [1.54, 1.807) is 16.7 Å². The van der Waals surface area contributed by atoms with Gasteiger partial charge in [0, 0.05) is 11.3 Å². The molecule has 1 spiro atoms. The van der Waals surface area contributed by atoms with Crippen LogP contribution in [0.2, 0.25) is 0 Å². The maximum atomic E-state index is 2.38. The molecular weight excluding hydrogens is 276 g/mol. The summed E-state index contributed by atoms with van der Waals surface area (Å²) in [6.45, 7) is 0. The largest absolute Gasteiger partial charge is 0.0622 e. The van der Waals surface area contributed by atoms with Crippen molar-refractivity contribution in [2.75, 3.05) is 0 Å². The predicted molar refractivity (Wildman–Crippen MR) is 94.9 cm³/mol. The first-order valence-corrected chi connectivity index (χ1v) is 8.61. The molecule has 3 aromatic rings. The second kappa shape index (κ2) is 4.83. The molecule has 0 heteroatoms. The van der Waals surface area contributed by atoms with Crippen molar-refractivity contribution in [3.05, 3.63) is 107 Å². The summed E-state index contributed by atoms with van der Waals surface area (Å²) in [7, 11) is 0. The second-order valence-electron chi connectivity index (χ2n) is 6.99. The highest BCUT2D eigenvalue weighted by atomic mass is 14.5. The van der Waals surface area contributed by atoms with E-state index in [0.29, 0.717) is 5.92 Å². The summed E-state index contributed by atoms with van der Waals surface area (Å²) in [5.74, 6) is 0.526. The molecule has 2 aliphatic carbocycles. The van der Waals surface area contributed by atoms with Gasteiger partial charge in [-0.1, -0.05) is 78.9 Å². The van der Waals surface area contributed by atoms with Gasteiger partial charge in [0.2, 0.25) is 0 Å². The fraction of sp³-hybridized carbons (Fsp3) is 0.217. The number of fused-ring (bicyclic) bond motifs is 4. The number of hydrogen-bond acceptors (Lipinski definition) is 0. The van der Waals surface area contributed by atoms with Crippen molar-refractivity contribution in [1.82, 2.24) is 0 Å². The van der Waals surface area contributed by atoms with Gasteiger partial charge >= 0.3 is 0 Å². The van der Waals surface area contributed by atoms with Gasteiger partial charge in [-0.05, 0) is 47.1 Å². The molecule has 5 rings (SSSR count). The smallest absolute Gasteiger partial charge is 0.0220 e. The van der Waals surface area contributed by atoms with Gasteiger partial charge in [-0.2, -0.15) is 0 Å². The van der Waals surface area contributed by atoms with Crippen LogP contribution in [0.25, 0.3) is 0 Å². The molecule has 2 atom stereocenters. The Balaban J connectivity index is 1.72. The molecule has 0 nitrogen and oxygen atoms in total. The molecular formula is C23H20. The van der Waals surface area contributed by atoms with Gasteiger partial charge in [-0.25, -0.2) is 0 Å². The van der Waals surface area contributed by atoms with Crippen molar-refractivity contribution in [1.29, 1.82) is 0 Å². The van der Waals surface area contributed by atoms with Crippen LogP contribution in [0.4, 0.5) is 0 Å². The minimum Gasteiger partial charge on any atom is -0.0622 e. The third-order valence-electron chi connectivity index (χ3n) is 5.96. The van der Waals surface area contributed by atoms with E-state index in [2.05, 4.69) is 78.9 Å². The van der Waals surface area contributed by atoms with E-state index in [4.69, 9.17) is 0 Å². The summed E-state index contributed by atoms with van der Waals surface area (Å²) in [4.78, 5) is 0. The highest BCUT2D eigenvalue weighted by Gasteiger charge is 2.48. The Morgan fingerprint density at radius 2 is 1.39 bits per heavy atom. The molecule has 0 fully saturated rings. The van der Waals surface area contributed by atoms with E-state index < -0.39 is 0 Å². The number of benzene rings is 3. The maximum absolute atomic E-state index is 2.38. The quantitative estimate of drug-likeness (QED) is 0.560. The number of rotatable bonds is 1. The molecule has 0 N–H and O–H groups in total. The van der Waals surface area contributed by atoms with Gasteiger partial charge in [0.25, 0.3) is 0 Å². The van der Waals surface area contributed by atoms with Crippen molar-refractivity contribution in [2.24, 2.45) is 0 Å². The van der Waals surface area contributed by atoms with Gasteiger partial charge in [0.05, 0.1) is 0 Å². The van der Waals surface area contributed by atoms with E-state index in [1.807, 2.05) is 0 Å². The highest BCUT2D eigenvalue weighted by molar-refractivity contribution is 5.57. The molecule has 112 valence electrons. The Labute approximate surface area is 137 Å². The molecule has 0 saturated heterocycles. The maximum Gasteiger partial charge on any atom is 0.0220 e. The Hall–Kier alpha value is -2.34. The van der Waals surface area contributed by atoms with Crippen molar-refractivity contribution in [3.8, 4) is 0 Å². The Kier molecular flexibility index (Phi) is 2.76. The van der Waals surface area contributed by atoms with Crippen LogP contribution in [0.3, 0.4) is 0 Å². The van der Waals surface area contributed by atoms with Crippen LogP contribution >= 0.6 is 0 Å². The Bertz CT molecular complexity index is 862. The van der Waals surface area contributed by atoms with E-state index in [1.165, 1.54) is 30.4 Å². The van der Waals surface area contributed by atoms with Gasteiger partial charge < -0.3 is 0 Å². The summed E-state index contributed by atoms with van der Waals surface area (Å²) in [6.07, 6.45) is 3.69. The number of aryl methyl sites for hydroxylation is 1. The minimum atomic E-state index is 0.230. The average Bonchev–Trinajstić information content (AvgIpc) is 3.17. The fourth-order valence-electron chi connectivity index (χ4n) is 4.97. The fourth-order valence-corrected chi connectivity index (χ4v) is 4.97. The second-order valence-corrected chi connectivity index (χ2v) is 6.99. The lowest BCUT2D eigenvalue weighted by molar-refractivity contribution is 0.487. The zero-order chi connectivity index (χ0) is 15.3. The normalized spacial score (nSPS) is 24.6. The molecule has 2 aliphatic rings. The highest BCUT2D eigenvalue weighted by Crippen LogP contribution is 2.57. The molecule has 0 saturated carbocycles. The van der Waals surface area contributed by atoms with E-state index in [0.717, 1.165) is 0 Å². The molecule has 0 heterocycles. The van der Waals surface area contributed by atoms with Crippen LogP contribution in [-0.4, -0.2) is 0 Å². The molecule has 0 bridgehead atoms. The molecule has 0 amide bonds. The lowest BCUT2D eigenvalue weighted by Gasteiger charge is -2.27. The summed E-state index contributed by atoms with van der Waals surface area (Å²) in [5, 5.41) is 0. The van der Waals surface area contributed by atoms with Crippen LogP contribution in [-0.2, 0) is 11.8 Å². The van der Waals surface area contributed by atoms with Crippen LogP contribution in [0, 0.1) is 0 Å². The molecule has 23 heavy (non-hydrogen) atoms. The minimum absolute atomic E-state index is 0.230. The summed E-state index contributed by atoms with van der Waals surface area (Å²) >= 11 is 0. The van der Waals surface area contributed by atoms with Crippen molar-refractivity contribution >= 4 is 0 Å². The SMILES string of the molecule is c1ccc(C2CC3(CCc4ccccc43)c3ccccc32)cc1. The van der Waals surface area contributed by atoms with Crippen molar-refractivity contribution in [3.63, 3.8) is 0 Å². The zero-order valence-electron chi connectivity index (χ0n) is 13.2. The molecule has 0 aliphatic heterocycles.